The van der Waals surface area contributed by atoms with Gasteiger partial charge in [-0.15, -0.1) is 11.6 Å². The van der Waals surface area contributed by atoms with Crippen LogP contribution in [0.3, 0.4) is 0 Å². The van der Waals surface area contributed by atoms with Gasteiger partial charge >= 0.3 is 5.97 Å². The van der Waals surface area contributed by atoms with Gasteiger partial charge in [-0.1, -0.05) is 13.8 Å². The molecule has 4 heterocycles. The summed E-state index contributed by atoms with van der Waals surface area (Å²) in [4.78, 5) is 23.4. The van der Waals surface area contributed by atoms with E-state index in [0.29, 0.717) is 11.8 Å². The molecule has 4 saturated heterocycles. The molecule has 7 heteroatoms. The zero-order chi connectivity index (χ0) is 17.1. The number of hydrogen-bond acceptors (Lipinski definition) is 6. The van der Waals surface area contributed by atoms with Crippen molar-refractivity contribution in [2.24, 2.45) is 23.7 Å². The second kappa shape index (κ2) is 5.81. The summed E-state index contributed by atoms with van der Waals surface area (Å²) in [7, 11) is 0. The van der Waals surface area contributed by atoms with Crippen LogP contribution in [0.1, 0.15) is 46.5 Å². The van der Waals surface area contributed by atoms with Gasteiger partial charge in [0.25, 0.3) is 0 Å². The van der Waals surface area contributed by atoms with E-state index < -0.39 is 29.9 Å². The third-order valence-electron chi connectivity index (χ3n) is 6.45. The minimum Gasteiger partial charge on any atom is -0.434 e. The van der Waals surface area contributed by atoms with Crippen molar-refractivity contribution in [2.45, 2.75) is 70.4 Å². The number of ether oxygens (including phenoxy) is 3. The van der Waals surface area contributed by atoms with Crippen molar-refractivity contribution in [1.29, 1.82) is 0 Å². The number of alkyl halides is 1. The highest BCUT2D eigenvalue weighted by Gasteiger charge is 2.69. The minimum absolute atomic E-state index is 0.0157. The second-order valence-electron chi connectivity index (χ2n) is 7.90. The van der Waals surface area contributed by atoms with E-state index in [1.54, 1.807) is 0 Å². The van der Waals surface area contributed by atoms with Gasteiger partial charge in [0.15, 0.2) is 11.9 Å². The third kappa shape index (κ3) is 2.34. The van der Waals surface area contributed by atoms with E-state index in [1.807, 2.05) is 13.8 Å². The predicted octanol–water partition coefficient (Wildman–Crippen LogP) is 2.98. The summed E-state index contributed by atoms with van der Waals surface area (Å²) in [6.07, 6.45) is 2.56. The van der Waals surface area contributed by atoms with Gasteiger partial charge in [0.1, 0.15) is 5.88 Å². The van der Waals surface area contributed by atoms with Crippen LogP contribution in [0.4, 0.5) is 0 Å². The fourth-order valence-corrected chi connectivity index (χ4v) is 5.23. The van der Waals surface area contributed by atoms with E-state index in [1.165, 1.54) is 0 Å². The van der Waals surface area contributed by atoms with Crippen LogP contribution >= 0.6 is 11.6 Å². The molecule has 5 aliphatic rings. The summed E-state index contributed by atoms with van der Waals surface area (Å²) in [5.74, 6) is -0.546. The first-order valence-corrected chi connectivity index (χ1v) is 9.38. The first-order chi connectivity index (χ1) is 11.4. The molecule has 1 spiro atoms. The van der Waals surface area contributed by atoms with Gasteiger partial charge in [-0.25, -0.2) is 9.78 Å². The van der Waals surface area contributed by atoms with Crippen LogP contribution in [0.15, 0.2) is 0 Å². The number of carbonyl (C=O) groups is 1. The van der Waals surface area contributed by atoms with Gasteiger partial charge in [-0.3, -0.25) is 4.79 Å². The first kappa shape index (κ1) is 17.0. The molecule has 136 valence electrons. The molecule has 0 aromatic heterocycles. The average molecular weight is 361 g/mol. The van der Waals surface area contributed by atoms with E-state index in [4.69, 9.17) is 35.6 Å². The summed E-state index contributed by atoms with van der Waals surface area (Å²) in [6.45, 7) is 6.18. The molecule has 5 fully saturated rings. The molecule has 0 radical (unpaired) electrons. The molecular weight excluding hydrogens is 336 g/mol. The highest BCUT2D eigenvalue weighted by molar-refractivity contribution is 6.26. The van der Waals surface area contributed by atoms with E-state index in [2.05, 4.69) is 6.92 Å². The van der Waals surface area contributed by atoms with E-state index in [0.717, 1.165) is 25.7 Å². The fourth-order valence-electron chi connectivity index (χ4n) is 5.17. The van der Waals surface area contributed by atoms with Crippen LogP contribution < -0.4 is 0 Å². The number of hydrogen-bond donors (Lipinski definition) is 0. The molecule has 0 aromatic rings. The molecule has 5 rings (SSSR count). The van der Waals surface area contributed by atoms with Crippen LogP contribution in [0.5, 0.6) is 0 Å². The molecule has 0 unspecified atom stereocenters. The number of carbonyl (C=O) groups excluding carboxylic acids is 1. The molecule has 2 bridgehead atoms. The largest absolute Gasteiger partial charge is 0.434 e. The average Bonchev–Trinajstić information content (AvgIpc) is 2.78. The zero-order valence-corrected chi connectivity index (χ0v) is 15.1. The molecule has 1 saturated carbocycles. The molecule has 4 aliphatic heterocycles. The summed E-state index contributed by atoms with van der Waals surface area (Å²) in [5.41, 5.74) is -0.628. The number of rotatable bonds is 2. The van der Waals surface area contributed by atoms with Crippen LogP contribution in [0.25, 0.3) is 0 Å². The number of esters is 1. The van der Waals surface area contributed by atoms with Crippen molar-refractivity contribution in [1.82, 2.24) is 0 Å². The monoisotopic (exact) mass is 360 g/mol. The summed E-state index contributed by atoms with van der Waals surface area (Å²) >= 11 is 5.58. The summed E-state index contributed by atoms with van der Waals surface area (Å²) in [6, 6.07) is 0. The van der Waals surface area contributed by atoms with Gasteiger partial charge in [-0.05, 0) is 38.0 Å². The number of fused-ring (bicyclic) bond motifs is 2. The van der Waals surface area contributed by atoms with Gasteiger partial charge in [0.05, 0.1) is 0 Å². The van der Waals surface area contributed by atoms with Crippen LogP contribution in [0, 0.1) is 23.7 Å². The molecule has 0 N–H and O–H groups in total. The zero-order valence-electron chi connectivity index (χ0n) is 14.3. The Balaban J connectivity index is 1.71. The quantitative estimate of drug-likeness (QED) is 0.428. The summed E-state index contributed by atoms with van der Waals surface area (Å²) in [5, 5.41) is 0. The van der Waals surface area contributed by atoms with E-state index in [9.17, 15) is 4.79 Å². The van der Waals surface area contributed by atoms with Crippen molar-refractivity contribution in [3.63, 3.8) is 0 Å². The Morgan fingerprint density at radius 2 is 2.00 bits per heavy atom. The lowest BCUT2D eigenvalue weighted by Crippen LogP contribution is -2.70. The van der Waals surface area contributed by atoms with Crippen molar-refractivity contribution in [3.8, 4) is 0 Å². The van der Waals surface area contributed by atoms with Crippen LogP contribution in [-0.2, 0) is 28.8 Å². The predicted molar refractivity (Wildman–Crippen MR) is 83.6 cm³/mol. The fraction of sp³-hybridized carbons (Fsp3) is 0.941. The Hall–Kier alpha value is -0.400. The standard InChI is InChI=1S/C17H25ClO6/c1-9-4-5-12-10(2)14(20-13(19)8-18)21-15-17(12)11(9)6-7-16(3,22-15)23-24-17/h9-12,14-15H,4-8H2,1-3H3/t9-,10-,11-,12-,14+,15-,16-,17-/m1/s1. The van der Waals surface area contributed by atoms with Gasteiger partial charge in [0, 0.05) is 18.3 Å². The van der Waals surface area contributed by atoms with Gasteiger partial charge < -0.3 is 14.2 Å². The Kier molecular flexibility index (Phi) is 4.12. The maximum absolute atomic E-state index is 11.7. The first-order valence-electron chi connectivity index (χ1n) is 8.85. The van der Waals surface area contributed by atoms with Crippen molar-refractivity contribution in [2.75, 3.05) is 5.88 Å². The molecule has 6 nitrogen and oxygen atoms in total. The lowest BCUT2D eigenvalue weighted by Gasteiger charge is -2.59. The number of halogens is 1. The van der Waals surface area contributed by atoms with Gasteiger partial charge in [-0.2, -0.15) is 0 Å². The van der Waals surface area contributed by atoms with E-state index in [-0.39, 0.29) is 17.7 Å². The van der Waals surface area contributed by atoms with Crippen molar-refractivity contribution < 1.29 is 28.8 Å². The molecule has 0 amide bonds. The maximum atomic E-state index is 11.7. The van der Waals surface area contributed by atoms with Crippen LogP contribution in [-0.4, -0.2) is 35.8 Å². The Bertz CT molecular complexity index is 529. The van der Waals surface area contributed by atoms with Crippen molar-refractivity contribution >= 4 is 17.6 Å². The molecular formula is C17H25ClO6. The highest BCUT2D eigenvalue weighted by atomic mass is 35.5. The Morgan fingerprint density at radius 3 is 2.75 bits per heavy atom. The smallest absolute Gasteiger partial charge is 0.323 e. The molecule has 0 aromatic carbocycles. The second-order valence-corrected chi connectivity index (χ2v) is 8.16. The van der Waals surface area contributed by atoms with Crippen molar-refractivity contribution in [3.05, 3.63) is 0 Å². The maximum Gasteiger partial charge on any atom is 0.323 e. The van der Waals surface area contributed by atoms with Gasteiger partial charge in [0.2, 0.25) is 12.1 Å². The molecule has 1 aliphatic carbocycles. The molecule has 8 atom stereocenters. The van der Waals surface area contributed by atoms with Crippen LogP contribution in [0.2, 0.25) is 0 Å². The van der Waals surface area contributed by atoms with E-state index >= 15 is 0 Å². The summed E-state index contributed by atoms with van der Waals surface area (Å²) < 4.78 is 17.7. The highest BCUT2D eigenvalue weighted by Crippen LogP contribution is 2.60. The Morgan fingerprint density at radius 1 is 1.21 bits per heavy atom. The lowest BCUT2D eigenvalue weighted by atomic mass is 9.58. The third-order valence-corrected chi connectivity index (χ3v) is 6.67. The normalized spacial score (nSPS) is 53.2. The Labute approximate surface area is 147 Å². The minimum atomic E-state index is -0.820. The SMILES string of the molecule is C[C@H]1[C@@H](OC(=O)CCl)O[C@@H]2O[C@@]3(C)CC[C@@H]4[C@H](C)CC[C@H]1[C@@]24OO3. The topological polar surface area (TPSA) is 63.2 Å². The molecule has 24 heavy (non-hydrogen) atoms. The lowest BCUT2D eigenvalue weighted by molar-refractivity contribution is -0.576.